The number of carbonyl (C=O) groups excluding carboxylic acids is 1. The SMILES string of the molecule is CC(C(=O)NC1CC1)N1CCN(Cc2nc3ccccc3n2C(F)F)CC1. The van der Waals surface area contributed by atoms with Gasteiger partial charge in [0.1, 0.15) is 5.82 Å². The van der Waals surface area contributed by atoms with Gasteiger partial charge in [-0.05, 0) is 31.9 Å². The van der Waals surface area contributed by atoms with E-state index in [1.54, 1.807) is 18.2 Å². The van der Waals surface area contributed by atoms with E-state index in [4.69, 9.17) is 0 Å². The molecule has 2 aliphatic rings. The first kappa shape index (κ1) is 18.3. The summed E-state index contributed by atoms with van der Waals surface area (Å²) >= 11 is 0. The van der Waals surface area contributed by atoms with Gasteiger partial charge in [-0.3, -0.25) is 19.2 Å². The number of nitrogens with zero attached hydrogens (tertiary/aromatic N) is 4. The van der Waals surface area contributed by atoms with Crippen molar-refractivity contribution in [2.75, 3.05) is 26.2 Å². The van der Waals surface area contributed by atoms with Gasteiger partial charge in [0, 0.05) is 32.2 Å². The number of piperazine rings is 1. The van der Waals surface area contributed by atoms with Crippen LogP contribution < -0.4 is 5.32 Å². The lowest BCUT2D eigenvalue weighted by molar-refractivity contribution is -0.126. The minimum absolute atomic E-state index is 0.0884. The predicted octanol–water partition coefficient (Wildman–Crippen LogP) is 2.22. The molecule has 1 aliphatic heterocycles. The Bertz CT molecular complexity index is 812. The van der Waals surface area contributed by atoms with E-state index in [1.165, 1.54) is 0 Å². The van der Waals surface area contributed by atoms with Crippen molar-refractivity contribution in [3.63, 3.8) is 0 Å². The molecule has 1 unspecified atom stereocenters. The van der Waals surface area contributed by atoms with Gasteiger partial charge in [-0.2, -0.15) is 8.78 Å². The first-order chi connectivity index (χ1) is 13.0. The summed E-state index contributed by atoms with van der Waals surface area (Å²) < 4.78 is 28.1. The van der Waals surface area contributed by atoms with Gasteiger partial charge in [-0.15, -0.1) is 0 Å². The Labute approximate surface area is 157 Å². The molecule has 2 fully saturated rings. The summed E-state index contributed by atoms with van der Waals surface area (Å²) in [6.07, 6.45) is 2.16. The zero-order valence-corrected chi connectivity index (χ0v) is 15.4. The van der Waals surface area contributed by atoms with E-state index in [2.05, 4.69) is 20.1 Å². The largest absolute Gasteiger partial charge is 0.352 e. The van der Waals surface area contributed by atoms with Gasteiger partial charge in [-0.25, -0.2) is 4.98 Å². The molecule has 0 radical (unpaired) electrons. The minimum atomic E-state index is -2.61. The lowest BCUT2D eigenvalue weighted by Gasteiger charge is -2.37. The Morgan fingerprint density at radius 3 is 2.59 bits per heavy atom. The molecular formula is C19H25F2N5O. The second-order valence-electron chi connectivity index (χ2n) is 7.44. The number of nitrogens with one attached hydrogen (secondary N) is 1. The van der Waals surface area contributed by atoms with Crippen molar-refractivity contribution in [2.45, 2.75) is 44.9 Å². The quantitative estimate of drug-likeness (QED) is 0.839. The molecule has 0 bridgehead atoms. The molecule has 1 saturated carbocycles. The molecule has 1 amide bonds. The van der Waals surface area contributed by atoms with E-state index < -0.39 is 6.55 Å². The Hall–Kier alpha value is -2.06. The number of rotatable bonds is 6. The molecule has 4 rings (SSSR count). The normalized spacial score (nSPS) is 20.3. The van der Waals surface area contributed by atoms with Crippen LogP contribution in [0.4, 0.5) is 8.78 Å². The van der Waals surface area contributed by atoms with Crippen LogP contribution in [0, 0.1) is 0 Å². The lowest BCUT2D eigenvalue weighted by Crippen LogP contribution is -2.54. The predicted molar refractivity (Wildman–Crippen MR) is 98.5 cm³/mol. The monoisotopic (exact) mass is 377 g/mol. The van der Waals surface area contributed by atoms with E-state index in [-0.39, 0.29) is 11.9 Å². The van der Waals surface area contributed by atoms with Crippen molar-refractivity contribution >= 4 is 16.9 Å². The van der Waals surface area contributed by atoms with Crippen molar-refractivity contribution in [3.05, 3.63) is 30.1 Å². The Balaban J connectivity index is 1.38. The number of halogens is 2. The second kappa shape index (κ2) is 7.52. The molecule has 6 nitrogen and oxygen atoms in total. The van der Waals surface area contributed by atoms with Crippen LogP contribution in [0.1, 0.15) is 32.1 Å². The van der Waals surface area contributed by atoms with Crippen LogP contribution in [-0.4, -0.2) is 63.5 Å². The molecule has 1 atom stereocenters. The number of imidazole rings is 1. The summed E-state index contributed by atoms with van der Waals surface area (Å²) in [4.78, 5) is 20.9. The number of carbonyl (C=O) groups is 1. The molecule has 27 heavy (non-hydrogen) atoms. The number of amides is 1. The zero-order chi connectivity index (χ0) is 19.0. The fourth-order valence-electron chi connectivity index (χ4n) is 3.65. The van der Waals surface area contributed by atoms with E-state index in [0.717, 1.165) is 43.6 Å². The van der Waals surface area contributed by atoms with Gasteiger partial charge >= 0.3 is 6.55 Å². The molecule has 146 valence electrons. The molecule has 2 aromatic rings. The summed E-state index contributed by atoms with van der Waals surface area (Å²) in [6, 6.07) is 7.20. The van der Waals surface area contributed by atoms with Crippen LogP contribution in [0.2, 0.25) is 0 Å². The molecule has 2 heterocycles. The highest BCUT2D eigenvalue weighted by atomic mass is 19.3. The van der Waals surface area contributed by atoms with E-state index in [9.17, 15) is 13.6 Å². The fourth-order valence-corrected chi connectivity index (χ4v) is 3.65. The first-order valence-electron chi connectivity index (χ1n) is 9.53. The van der Waals surface area contributed by atoms with Crippen molar-refractivity contribution in [1.29, 1.82) is 0 Å². The highest BCUT2D eigenvalue weighted by Gasteiger charge is 2.30. The maximum atomic E-state index is 13.6. The minimum Gasteiger partial charge on any atom is -0.352 e. The van der Waals surface area contributed by atoms with Crippen LogP contribution >= 0.6 is 0 Å². The zero-order valence-electron chi connectivity index (χ0n) is 15.4. The van der Waals surface area contributed by atoms with Crippen LogP contribution in [0.3, 0.4) is 0 Å². The topological polar surface area (TPSA) is 53.4 Å². The molecule has 8 heteroatoms. The van der Waals surface area contributed by atoms with E-state index >= 15 is 0 Å². The van der Waals surface area contributed by atoms with Gasteiger partial charge < -0.3 is 5.32 Å². The average molecular weight is 377 g/mol. The maximum Gasteiger partial charge on any atom is 0.320 e. The third kappa shape index (κ3) is 3.96. The fraction of sp³-hybridized carbons (Fsp3) is 0.579. The highest BCUT2D eigenvalue weighted by molar-refractivity contribution is 5.81. The molecular weight excluding hydrogens is 352 g/mol. The number of hydrogen-bond acceptors (Lipinski definition) is 4. The maximum absolute atomic E-state index is 13.6. The van der Waals surface area contributed by atoms with Crippen LogP contribution in [-0.2, 0) is 11.3 Å². The van der Waals surface area contributed by atoms with Gasteiger partial charge in [0.25, 0.3) is 0 Å². The van der Waals surface area contributed by atoms with Gasteiger partial charge in [0.15, 0.2) is 0 Å². The number of hydrogen-bond donors (Lipinski definition) is 1. The number of fused-ring (bicyclic) bond motifs is 1. The Morgan fingerprint density at radius 1 is 1.22 bits per heavy atom. The third-order valence-electron chi connectivity index (χ3n) is 5.49. The Kier molecular flexibility index (Phi) is 5.10. The number of aromatic nitrogens is 2. The number of para-hydroxylation sites is 2. The van der Waals surface area contributed by atoms with Gasteiger partial charge in [-0.1, -0.05) is 12.1 Å². The van der Waals surface area contributed by atoms with Crippen molar-refractivity contribution in [2.24, 2.45) is 0 Å². The molecule has 1 aromatic heterocycles. The highest BCUT2D eigenvalue weighted by Crippen LogP contribution is 2.24. The summed E-state index contributed by atoms with van der Waals surface area (Å²) in [5.74, 6) is 0.476. The van der Waals surface area contributed by atoms with Gasteiger partial charge in [0.2, 0.25) is 5.91 Å². The molecule has 1 saturated heterocycles. The molecule has 0 spiro atoms. The van der Waals surface area contributed by atoms with Gasteiger partial charge in [0.05, 0.1) is 23.6 Å². The van der Waals surface area contributed by atoms with Crippen molar-refractivity contribution in [1.82, 2.24) is 24.7 Å². The molecule has 1 aliphatic carbocycles. The number of alkyl halides is 2. The van der Waals surface area contributed by atoms with Crippen LogP contribution in [0.25, 0.3) is 11.0 Å². The summed E-state index contributed by atoms with van der Waals surface area (Å²) in [5.41, 5.74) is 1.06. The molecule has 1 aromatic carbocycles. The number of benzene rings is 1. The average Bonchev–Trinajstić information content (AvgIpc) is 3.39. The standard InChI is InChI=1S/C19H25F2N5O/c1-13(18(27)22-14-6-7-14)25-10-8-24(9-11-25)12-17-23-15-4-2-3-5-16(15)26(17)19(20)21/h2-5,13-14,19H,6-12H2,1H3,(H,22,27). The second-order valence-corrected chi connectivity index (χ2v) is 7.44. The Morgan fingerprint density at radius 2 is 1.93 bits per heavy atom. The summed E-state index contributed by atoms with van der Waals surface area (Å²) in [6.45, 7) is 2.66. The summed E-state index contributed by atoms with van der Waals surface area (Å²) in [5, 5.41) is 3.05. The first-order valence-corrected chi connectivity index (χ1v) is 9.53. The smallest absolute Gasteiger partial charge is 0.320 e. The summed E-state index contributed by atoms with van der Waals surface area (Å²) in [7, 11) is 0. The van der Waals surface area contributed by atoms with Crippen LogP contribution in [0.15, 0.2) is 24.3 Å². The lowest BCUT2D eigenvalue weighted by atomic mass is 10.2. The molecule has 1 N–H and O–H groups in total. The van der Waals surface area contributed by atoms with Crippen molar-refractivity contribution < 1.29 is 13.6 Å². The van der Waals surface area contributed by atoms with E-state index in [0.29, 0.717) is 29.4 Å². The third-order valence-corrected chi connectivity index (χ3v) is 5.49. The van der Waals surface area contributed by atoms with Crippen LogP contribution in [0.5, 0.6) is 0 Å². The van der Waals surface area contributed by atoms with E-state index in [1.807, 2.05) is 13.0 Å². The van der Waals surface area contributed by atoms with Crippen molar-refractivity contribution in [3.8, 4) is 0 Å².